The third-order valence-electron chi connectivity index (χ3n) is 2.55. The molecule has 1 aliphatic rings. The first-order valence-corrected chi connectivity index (χ1v) is 5.36. The predicted octanol–water partition coefficient (Wildman–Crippen LogP) is 2.84. The van der Waals surface area contributed by atoms with Gasteiger partial charge in [-0.15, -0.1) is 38.0 Å². The first kappa shape index (κ1) is 18.1. The smallest absolute Gasteiger partial charge is 0.406 e. The maximum absolute atomic E-state index is 12.0. The van der Waals surface area contributed by atoms with Crippen LogP contribution in [0.25, 0.3) is 0 Å². The predicted molar refractivity (Wildman–Crippen MR) is 72.7 cm³/mol. The molecule has 110 valence electrons. The number of rotatable bonds is 2. The number of anilines is 1. The lowest BCUT2D eigenvalue weighted by molar-refractivity contribution is -0.274. The van der Waals surface area contributed by atoms with Gasteiger partial charge in [0, 0.05) is 31.9 Å². The van der Waals surface area contributed by atoms with Crippen LogP contribution in [0.4, 0.5) is 18.9 Å². The SMILES string of the molecule is Cl.Cl.FC(F)(F)Oc1ccc(N2CCNCC2)cc1. The van der Waals surface area contributed by atoms with E-state index < -0.39 is 6.36 Å². The zero-order valence-corrected chi connectivity index (χ0v) is 11.6. The van der Waals surface area contributed by atoms with Gasteiger partial charge < -0.3 is 15.0 Å². The van der Waals surface area contributed by atoms with E-state index in [0.29, 0.717) is 0 Å². The Kier molecular flexibility index (Phi) is 7.33. The second-order valence-corrected chi connectivity index (χ2v) is 3.78. The summed E-state index contributed by atoms with van der Waals surface area (Å²) in [5.74, 6) is -0.184. The van der Waals surface area contributed by atoms with Gasteiger partial charge >= 0.3 is 6.36 Å². The molecular formula is C11H15Cl2F3N2O. The molecule has 0 atom stereocenters. The zero-order valence-electron chi connectivity index (χ0n) is 9.94. The Morgan fingerprint density at radius 3 is 2.00 bits per heavy atom. The van der Waals surface area contributed by atoms with Crippen LogP contribution in [0.5, 0.6) is 5.75 Å². The molecule has 2 rings (SSSR count). The van der Waals surface area contributed by atoms with E-state index in [1.807, 2.05) is 0 Å². The van der Waals surface area contributed by atoms with Gasteiger partial charge in [-0.05, 0) is 24.3 Å². The molecule has 8 heteroatoms. The van der Waals surface area contributed by atoms with Gasteiger partial charge in [0.1, 0.15) is 5.75 Å². The first-order chi connectivity index (χ1) is 8.04. The van der Waals surface area contributed by atoms with Crippen molar-refractivity contribution in [3.63, 3.8) is 0 Å². The fraction of sp³-hybridized carbons (Fsp3) is 0.455. The molecule has 0 saturated carbocycles. The van der Waals surface area contributed by atoms with Crippen molar-refractivity contribution < 1.29 is 17.9 Å². The summed E-state index contributed by atoms with van der Waals surface area (Å²) in [6, 6.07) is 5.97. The summed E-state index contributed by atoms with van der Waals surface area (Å²) in [7, 11) is 0. The second-order valence-electron chi connectivity index (χ2n) is 3.78. The number of nitrogens with zero attached hydrogens (tertiary/aromatic N) is 1. The summed E-state index contributed by atoms with van der Waals surface area (Å²) in [5.41, 5.74) is 0.918. The highest BCUT2D eigenvalue weighted by Gasteiger charge is 2.31. The highest BCUT2D eigenvalue weighted by Crippen LogP contribution is 2.25. The van der Waals surface area contributed by atoms with Crippen LogP contribution in [-0.2, 0) is 0 Å². The second kappa shape index (κ2) is 7.67. The maximum Gasteiger partial charge on any atom is 0.573 e. The van der Waals surface area contributed by atoms with E-state index in [1.165, 1.54) is 12.1 Å². The molecule has 0 aliphatic carbocycles. The summed E-state index contributed by atoms with van der Waals surface area (Å²) in [4.78, 5) is 2.12. The van der Waals surface area contributed by atoms with Crippen LogP contribution in [0.3, 0.4) is 0 Å². The van der Waals surface area contributed by atoms with Crippen molar-refractivity contribution in [3.05, 3.63) is 24.3 Å². The fourth-order valence-corrected chi connectivity index (χ4v) is 1.78. The van der Waals surface area contributed by atoms with E-state index in [4.69, 9.17) is 0 Å². The average molecular weight is 319 g/mol. The van der Waals surface area contributed by atoms with Crippen molar-refractivity contribution in [1.29, 1.82) is 0 Å². The fourth-order valence-electron chi connectivity index (χ4n) is 1.78. The third kappa shape index (κ3) is 5.76. The molecule has 0 bridgehead atoms. The molecule has 0 amide bonds. The molecule has 1 saturated heterocycles. The Balaban J connectivity index is 0.00000162. The van der Waals surface area contributed by atoms with Crippen LogP contribution in [0.15, 0.2) is 24.3 Å². The van der Waals surface area contributed by atoms with Crippen molar-refractivity contribution in [1.82, 2.24) is 5.32 Å². The Morgan fingerprint density at radius 1 is 1.00 bits per heavy atom. The molecule has 0 aromatic heterocycles. The summed E-state index contributed by atoms with van der Waals surface area (Å²) < 4.78 is 39.7. The van der Waals surface area contributed by atoms with Gasteiger partial charge in [0.2, 0.25) is 0 Å². The minimum atomic E-state index is -4.63. The van der Waals surface area contributed by atoms with Crippen LogP contribution in [0.2, 0.25) is 0 Å². The van der Waals surface area contributed by atoms with E-state index in [9.17, 15) is 13.2 Å². The molecular weight excluding hydrogens is 304 g/mol. The Hall–Kier alpha value is -0.850. The number of ether oxygens (including phenoxy) is 1. The van der Waals surface area contributed by atoms with Gasteiger partial charge in [-0.1, -0.05) is 0 Å². The van der Waals surface area contributed by atoms with E-state index in [2.05, 4.69) is 15.0 Å². The molecule has 1 fully saturated rings. The summed E-state index contributed by atoms with van der Waals surface area (Å²) in [6.45, 7) is 3.50. The molecule has 0 radical (unpaired) electrons. The Labute approximate surface area is 121 Å². The van der Waals surface area contributed by atoms with E-state index >= 15 is 0 Å². The van der Waals surface area contributed by atoms with Crippen LogP contribution in [0, 0.1) is 0 Å². The highest BCUT2D eigenvalue weighted by molar-refractivity contribution is 5.85. The summed E-state index contributed by atoms with van der Waals surface area (Å²) in [5, 5.41) is 3.21. The molecule has 19 heavy (non-hydrogen) atoms. The number of halogens is 5. The minimum Gasteiger partial charge on any atom is -0.406 e. The number of benzene rings is 1. The standard InChI is InChI=1S/C11H13F3N2O.2ClH/c12-11(13,14)17-10-3-1-9(2-4-10)16-7-5-15-6-8-16;;/h1-4,15H,5-8H2;2*1H. The van der Waals surface area contributed by atoms with Gasteiger partial charge in [0.05, 0.1) is 0 Å². The van der Waals surface area contributed by atoms with Crippen LogP contribution >= 0.6 is 24.8 Å². The Bertz CT molecular complexity index is 367. The highest BCUT2D eigenvalue weighted by atomic mass is 35.5. The van der Waals surface area contributed by atoms with Crippen LogP contribution in [0.1, 0.15) is 0 Å². The van der Waals surface area contributed by atoms with Crippen molar-refractivity contribution in [2.45, 2.75) is 6.36 Å². The number of hydrogen-bond acceptors (Lipinski definition) is 3. The van der Waals surface area contributed by atoms with E-state index in [0.717, 1.165) is 31.9 Å². The molecule has 0 unspecified atom stereocenters. The molecule has 1 aromatic rings. The topological polar surface area (TPSA) is 24.5 Å². The number of hydrogen-bond donors (Lipinski definition) is 1. The maximum atomic E-state index is 12.0. The first-order valence-electron chi connectivity index (χ1n) is 5.36. The lowest BCUT2D eigenvalue weighted by atomic mass is 10.2. The van der Waals surface area contributed by atoms with Gasteiger partial charge in [-0.25, -0.2) is 0 Å². The monoisotopic (exact) mass is 318 g/mol. The van der Waals surface area contributed by atoms with Crippen LogP contribution < -0.4 is 15.0 Å². The molecule has 0 spiro atoms. The van der Waals surface area contributed by atoms with Crippen molar-refractivity contribution in [3.8, 4) is 5.75 Å². The molecule has 1 N–H and O–H groups in total. The molecule has 1 aromatic carbocycles. The molecule has 1 heterocycles. The third-order valence-corrected chi connectivity index (χ3v) is 2.55. The van der Waals surface area contributed by atoms with Gasteiger partial charge in [0.25, 0.3) is 0 Å². The quantitative estimate of drug-likeness (QED) is 0.907. The normalized spacial score (nSPS) is 15.2. The van der Waals surface area contributed by atoms with Gasteiger partial charge in [-0.3, -0.25) is 0 Å². The largest absolute Gasteiger partial charge is 0.573 e. The molecule has 3 nitrogen and oxygen atoms in total. The Morgan fingerprint density at radius 2 is 1.53 bits per heavy atom. The van der Waals surface area contributed by atoms with Crippen molar-refractivity contribution in [2.24, 2.45) is 0 Å². The number of nitrogens with one attached hydrogen (secondary N) is 1. The minimum absolute atomic E-state index is 0. The lowest BCUT2D eigenvalue weighted by Gasteiger charge is -2.29. The van der Waals surface area contributed by atoms with E-state index in [-0.39, 0.29) is 30.6 Å². The summed E-state index contributed by atoms with van der Waals surface area (Å²) >= 11 is 0. The van der Waals surface area contributed by atoms with Crippen molar-refractivity contribution >= 4 is 30.5 Å². The van der Waals surface area contributed by atoms with E-state index in [1.54, 1.807) is 12.1 Å². The van der Waals surface area contributed by atoms with Crippen molar-refractivity contribution in [2.75, 3.05) is 31.1 Å². The molecule has 1 aliphatic heterocycles. The average Bonchev–Trinajstić information content (AvgIpc) is 2.29. The van der Waals surface area contributed by atoms with Gasteiger partial charge in [0.15, 0.2) is 0 Å². The van der Waals surface area contributed by atoms with Gasteiger partial charge in [-0.2, -0.15) is 0 Å². The summed E-state index contributed by atoms with van der Waals surface area (Å²) in [6.07, 6.45) is -4.63. The number of alkyl halides is 3. The number of piperazine rings is 1. The van der Waals surface area contributed by atoms with Crippen LogP contribution in [-0.4, -0.2) is 32.5 Å². The lowest BCUT2D eigenvalue weighted by Crippen LogP contribution is -2.43. The zero-order chi connectivity index (χ0) is 12.3.